The first-order chi connectivity index (χ1) is 18.8. The number of ether oxygens (including phenoxy) is 1. The van der Waals surface area contributed by atoms with E-state index in [1.54, 1.807) is 0 Å². The van der Waals surface area contributed by atoms with E-state index < -0.39 is 0 Å². The molecule has 0 saturated heterocycles. The van der Waals surface area contributed by atoms with Crippen LogP contribution in [0.1, 0.15) is 106 Å². The second-order valence-electron chi connectivity index (χ2n) is 11.8. The number of hydrogen-bond donors (Lipinski definition) is 1. The van der Waals surface area contributed by atoms with Crippen molar-refractivity contribution in [3.63, 3.8) is 0 Å². The third kappa shape index (κ3) is 7.29. The minimum Gasteiger partial charge on any atom is -0.462 e. The summed E-state index contributed by atoms with van der Waals surface area (Å²) in [7, 11) is 0. The van der Waals surface area contributed by atoms with Crippen LogP contribution in [0.15, 0.2) is 48.6 Å². The fourth-order valence-electron chi connectivity index (χ4n) is 5.39. The van der Waals surface area contributed by atoms with Crippen LogP contribution in [0.5, 0.6) is 0 Å². The van der Waals surface area contributed by atoms with E-state index in [1.807, 2.05) is 19.1 Å². The number of H-pyrrole nitrogens is 1. The molecule has 2 aromatic heterocycles. The molecule has 4 heteroatoms. The van der Waals surface area contributed by atoms with Crippen LogP contribution in [0.4, 0.5) is 0 Å². The van der Waals surface area contributed by atoms with Gasteiger partial charge in [-0.2, -0.15) is 0 Å². The molecular weight excluding hydrogens is 480 g/mol. The Morgan fingerprint density at radius 3 is 2.56 bits per heavy atom. The van der Waals surface area contributed by atoms with Gasteiger partial charge in [-0.3, -0.25) is 4.98 Å². The maximum Gasteiger partial charge on any atom is 0.338 e. The Hall–Kier alpha value is -3.14. The molecule has 1 atom stereocenters. The van der Waals surface area contributed by atoms with Crippen molar-refractivity contribution < 1.29 is 9.53 Å². The number of carbonyl (C=O) groups is 1. The molecule has 208 valence electrons. The van der Waals surface area contributed by atoms with Crippen LogP contribution in [-0.2, 0) is 11.2 Å². The monoisotopic (exact) mass is 526 g/mol. The molecule has 0 spiro atoms. The van der Waals surface area contributed by atoms with Crippen LogP contribution in [0.25, 0.3) is 22.0 Å². The molecule has 1 saturated carbocycles. The molecule has 0 amide bonds. The van der Waals surface area contributed by atoms with Crippen molar-refractivity contribution >= 4 is 28.0 Å². The van der Waals surface area contributed by atoms with Gasteiger partial charge in [0, 0.05) is 27.9 Å². The van der Waals surface area contributed by atoms with Gasteiger partial charge in [-0.25, -0.2) is 4.79 Å². The van der Waals surface area contributed by atoms with Gasteiger partial charge in [0.2, 0.25) is 0 Å². The van der Waals surface area contributed by atoms with Crippen LogP contribution >= 0.6 is 0 Å². The number of carbonyl (C=O) groups excluding carboxylic acids is 1. The fourth-order valence-corrected chi connectivity index (χ4v) is 5.39. The Labute approximate surface area is 235 Å². The van der Waals surface area contributed by atoms with Crippen LogP contribution < -0.4 is 0 Å². The summed E-state index contributed by atoms with van der Waals surface area (Å²) in [5.74, 6) is 1.38. The molecule has 1 aliphatic carbocycles. The van der Waals surface area contributed by atoms with E-state index in [0.29, 0.717) is 29.9 Å². The number of aromatic amines is 1. The average molecular weight is 527 g/mol. The highest BCUT2D eigenvalue weighted by atomic mass is 16.5. The summed E-state index contributed by atoms with van der Waals surface area (Å²) in [5, 5.41) is 0.932. The summed E-state index contributed by atoms with van der Waals surface area (Å²) in [6.45, 7) is 13.4. The van der Waals surface area contributed by atoms with Gasteiger partial charge in [-0.1, -0.05) is 65.2 Å². The third-order valence-electron chi connectivity index (χ3n) is 7.98. The zero-order chi connectivity index (χ0) is 27.9. The highest BCUT2D eigenvalue weighted by Gasteiger charge is 2.22. The number of nitrogens with one attached hydrogen (secondary N) is 1. The van der Waals surface area contributed by atoms with Gasteiger partial charge in [-0.15, -0.1) is 0 Å². The van der Waals surface area contributed by atoms with E-state index >= 15 is 0 Å². The van der Waals surface area contributed by atoms with E-state index in [9.17, 15) is 4.79 Å². The summed E-state index contributed by atoms with van der Waals surface area (Å²) < 4.78 is 5.92. The lowest BCUT2D eigenvalue weighted by atomic mass is 9.81. The van der Waals surface area contributed by atoms with Crippen molar-refractivity contribution in [3.8, 4) is 0 Å². The van der Waals surface area contributed by atoms with Crippen molar-refractivity contribution in [2.24, 2.45) is 17.8 Å². The second-order valence-corrected chi connectivity index (χ2v) is 11.8. The van der Waals surface area contributed by atoms with Crippen molar-refractivity contribution in [2.75, 3.05) is 6.61 Å². The van der Waals surface area contributed by atoms with E-state index in [2.05, 4.69) is 76.0 Å². The van der Waals surface area contributed by atoms with E-state index in [4.69, 9.17) is 9.72 Å². The molecular formula is C35H46N2O2. The van der Waals surface area contributed by atoms with Gasteiger partial charge in [-0.05, 0) is 98.8 Å². The van der Waals surface area contributed by atoms with Crippen LogP contribution in [0, 0.1) is 24.7 Å². The largest absolute Gasteiger partial charge is 0.462 e. The lowest BCUT2D eigenvalue weighted by Gasteiger charge is -2.24. The minimum atomic E-state index is -0.243. The first-order valence-corrected chi connectivity index (χ1v) is 14.9. The topological polar surface area (TPSA) is 55.0 Å². The lowest BCUT2D eigenvalue weighted by molar-refractivity contribution is 0.0444. The molecule has 39 heavy (non-hydrogen) atoms. The Kier molecular flexibility index (Phi) is 9.83. The molecule has 1 fully saturated rings. The summed E-state index contributed by atoms with van der Waals surface area (Å²) in [5.41, 5.74) is 7.97. The van der Waals surface area contributed by atoms with E-state index in [0.717, 1.165) is 57.5 Å². The molecule has 0 aliphatic heterocycles. The summed E-state index contributed by atoms with van der Waals surface area (Å²) in [4.78, 5) is 22.0. The Morgan fingerprint density at radius 1 is 1.13 bits per heavy atom. The van der Waals surface area contributed by atoms with Crippen molar-refractivity contribution in [2.45, 2.75) is 86.5 Å². The smallest absolute Gasteiger partial charge is 0.338 e. The summed E-state index contributed by atoms with van der Waals surface area (Å²) in [6.07, 6.45) is 12.6. The number of aromatic nitrogens is 2. The van der Waals surface area contributed by atoms with E-state index in [1.165, 1.54) is 32.1 Å². The maximum atomic E-state index is 13.5. The number of esters is 1. The van der Waals surface area contributed by atoms with Gasteiger partial charge in [0.1, 0.15) is 0 Å². The molecule has 1 N–H and O–H groups in total. The van der Waals surface area contributed by atoms with Crippen LogP contribution in [0.2, 0.25) is 0 Å². The SMILES string of the molecule is C/C=C(\C(=C/C1CCC1)c1cccc(C)n1)c1cc(C(=O)OC[C@@H](C)CCCC(C)C)c2cc(CC)[nH]c2c1. The number of nitrogens with zero attached hydrogens (tertiary/aromatic N) is 1. The third-order valence-corrected chi connectivity index (χ3v) is 7.98. The van der Waals surface area contributed by atoms with Gasteiger partial charge in [0.05, 0.1) is 17.9 Å². The number of aryl methyl sites for hydroxylation is 2. The lowest BCUT2D eigenvalue weighted by Crippen LogP contribution is -2.13. The molecule has 3 aromatic rings. The Bertz CT molecular complexity index is 1340. The zero-order valence-corrected chi connectivity index (χ0v) is 24.8. The van der Waals surface area contributed by atoms with Gasteiger partial charge >= 0.3 is 5.97 Å². The van der Waals surface area contributed by atoms with Crippen molar-refractivity contribution in [1.29, 1.82) is 0 Å². The quantitative estimate of drug-likeness (QED) is 0.189. The summed E-state index contributed by atoms with van der Waals surface area (Å²) in [6, 6.07) is 12.5. The normalized spacial score (nSPS) is 15.6. The predicted molar refractivity (Wildman–Crippen MR) is 164 cm³/mol. The summed E-state index contributed by atoms with van der Waals surface area (Å²) >= 11 is 0. The molecule has 2 heterocycles. The predicted octanol–water partition coefficient (Wildman–Crippen LogP) is 9.34. The minimum absolute atomic E-state index is 0.243. The Morgan fingerprint density at radius 2 is 1.92 bits per heavy atom. The Balaban J connectivity index is 1.69. The van der Waals surface area contributed by atoms with Crippen LogP contribution in [-0.4, -0.2) is 22.5 Å². The maximum absolute atomic E-state index is 13.5. The number of pyridine rings is 1. The molecule has 1 aliphatic rings. The number of hydrogen-bond acceptors (Lipinski definition) is 3. The van der Waals surface area contributed by atoms with Gasteiger partial charge < -0.3 is 9.72 Å². The van der Waals surface area contributed by atoms with Crippen LogP contribution in [0.3, 0.4) is 0 Å². The van der Waals surface area contributed by atoms with Gasteiger partial charge in [0.15, 0.2) is 0 Å². The molecule has 4 rings (SSSR count). The second kappa shape index (κ2) is 13.3. The van der Waals surface area contributed by atoms with E-state index in [-0.39, 0.29) is 5.97 Å². The average Bonchev–Trinajstić information content (AvgIpc) is 3.31. The molecule has 4 nitrogen and oxygen atoms in total. The number of allylic oxidation sites excluding steroid dienone is 4. The number of rotatable bonds is 12. The number of fused-ring (bicyclic) bond motifs is 1. The van der Waals surface area contributed by atoms with Gasteiger partial charge in [0.25, 0.3) is 0 Å². The number of benzene rings is 1. The molecule has 0 radical (unpaired) electrons. The van der Waals surface area contributed by atoms with Crippen molar-refractivity contribution in [3.05, 3.63) is 76.8 Å². The fraction of sp³-hybridized carbons (Fsp3) is 0.486. The first kappa shape index (κ1) is 28.9. The highest BCUT2D eigenvalue weighted by Crippen LogP contribution is 2.38. The zero-order valence-electron chi connectivity index (χ0n) is 24.8. The first-order valence-electron chi connectivity index (χ1n) is 14.9. The highest BCUT2D eigenvalue weighted by molar-refractivity contribution is 6.10. The molecule has 1 aromatic carbocycles. The standard InChI is InChI=1S/C35H46N2O2/c1-7-28-21-31-32(35(38)39-22-24(5)13-9-12-23(3)4)19-27(20-34(31)37-28)29(8-2)30(18-26-15-11-16-26)33-17-10-14-25(6)36-33/h8,10,14,17-21,23-24,26,37H,7,9,11-13,15-16,22H2,1-6H3/b29-8-,30-18+/t24-/m0/s1. The molecule has 0 bridgehead atoms. The van der Waals surface area contributed by atoms with Crippen molar-refractivity contribution in [1.82, 2.24) is 9.97 Å². The molecule has 0 unspecified atom stereocenters.